The molecule has 1 aromatic rings. The SMILES string of the molecule is CCc1cc(C)c(O)c2c1C[C@@H]1C[C@@H]3[C@@H](N(C)C)C(=O)C(C(N)=O)C(=O)[C@]3(O)C(=O)C1C2=O. The minimum Gasteiger partial charge on any atom is -0.507 e. The van der Waals surface area contributed by atoms with Gasteiger partial charge < -0.3 is 15.9 Å². The van der Waals surface area contributed by atoms with Crippen LogP contribution in [-0.2, 0) is 32.0 Å². The van der Waals surface area contributed by atoms with E-state index in [4.69, 9.17) is 5.73 Å². The van der Waals surface area contributed by atoms with Gasteiger partial charge in [0.1, 0.15) is 5.75 Å². The van der Waals surface area contributed by atoms with Gasteiger partial charge in [-0.2, -0.15) is 0 Å². The van der Waals surface area contributed by atoms with Crippen LogP contribution in [0, 0.1) is 30.6 Å². The maximum atomic E-state index is 13.7. The summed E-state index contributed by atoms with van der Waals surface area (Å²) in [7, 11) is 3.12. The first kappa shape index (κ1) is 23.3. The van der Waals surface area contributed by atoms with E-state index in [0.29, 0.717) is 24.0 Å². The van der Waals surface area contributed by atoms with Crippen molar-refractivity contribution in [3.63, 3.8) is 0 Å². The lowest BCUT2D eigenvalue weighted by atomic mass is 9.52. The van der Waals surface area contributed by atoms with Crippen molar-refractivity contribution < 1.29 is 34.2 Å². The van der Waals surface area contributed by atoms with E-state index < -0.39 is 64.4 Å². The molecule has 33 heavy (non-hydrogen) atoms. The van der Waals surface area contributed by atoms with Gasteiger partial charge in [-0.05, 0) is 62.9 Å². The first-order valence-corrected chi connectivity index (χ1v) is 11.1. The summed E-state index contributed by atoms with van der Waals surface area (Å²) in [6.45, 7) is 3.59. The highest BCUT2D eigenvalue weighted by molar-refractivity contribution is 6.32. The maximum Gasteiger partial charge on any atom is 0.235 e. The smallest absolute Gasteiger partial charge is 0.235 e. The van der Waals surface area contributed by atoms with Crippen LogP contribution in [0.5, 0.6) is 5.75 Å². The first-order chi connectivity index (χ1) is 15.4. The molecule has 0 radical (unpaired) electrons. The number of aromatic hydroxyl groups is 1. The third-order valence-electron chi connectivity index (χ3n) is 7.73. The lowest BCUT2D eigenvalue weighted by Crippen LogP contribution is -2.74. The highest BCUT2D eigenvalue weighted by Crippen LogP contribution is 2.51. The number of Topliss-reactive ketones (excluding diaryl/α,β-unsaturated/α-hetero) is 4. The molecule has 2 saturated carbocycles. The van der Waals surface area contributed by atoms with Crippen LogP contribution in [0.1, 0.15) is 40.4 Å². The zero-order valence-corrected chi connectivity index (χ0v) is 19.0. The first-order valence-electron chi connectivity index (χ1n) is 11.1. The van der Waals surface area contributed by atoms with Crippen molar-refractivity contribution >= 4 is 29.0 Å². The molecule has 3 aliphatic carbocycles. The molecule has 6 atom stereocenters. The molecule has 9 nitrogen and oxygen atoms in total. The van der Waals surface area contributed by atoms with E-state index in [1.807, 2.05) is 13.0 Å². The van der Waals surface area contributed by atoms with E-state index in [2.05, 4.69) is 0 Å². The van der Waals surface area contributed by atoms with Crippen LogP contribution in [-0.4, -0.2) is 69.9 Å². The van der Waals surface area contributed by atoms with Crippen LogP contribution >= 0.6 is 0 Å². The average Bonchev–Trinajstić information content (AvgIpc) is 2.72. The summed E-state index contributed by atoms with van der Waals surface area (Å²) in [6.07, 6.45) is 0.970. The van der Waals surface area contributed by atoms with Gasteiger partial charge in [0.15, 0.2) is 34.7 Å². The third-order valence-corrected chi connectivity index (χ3v) is 7.73. The fourth-order valence-electron chi connectivity index (χ4n) is 6.21. The van der Waals surface area contributed by atoms with Gasteiger partial charge in [-0.25, -0.2) is 0 Å². The molecule has 176 valence electrons. The average molecular weight is 456 g/mol. The molecule has 2 fully saturated rings. The fraction of sp³-hybridized carbons (Fsp3) is 0.542. The standard InChI is InChI=1S/C24H28N2O7/c1-5-10-6-9(2)18(27)15-12(10)7-11-8-13-17(26(3)4)20(29)16(23(25)32)22(31)24(13,33)21(30)14(11)19(15)28/h6,11,13-14,16-17,27,33H,5,7-8H2,1-4H3,(H2,25,32)/t11-,13-,14?,16?,17-,24-/m1/s1. The predicted octanol–water partition coefficient (Wildman–Crippen LogP) is -0.262. The molecule has 0 saturated heterocycles. The number of phenolic OH excluding ortho intramolecular Hbond substituents is 1. The zero-order chi connectivity index (χ0) is 24.6. The number of benzene rings is 1. The summed E-state index contributed by atoms with van der Waals surface area (Å²) in [4.78, 5) is 66.9. The molecule has 0 aromatic heterocycles. The van der Waals surface area contributed by atoms with E-state index >= 15 is 0 Å². The molecule has 1 amide bonds. The Hall–Kier alpha value is -2.91. The number of aliphatic hydroxyl groups is 1. The number of amides is 1. The van der Waals surface area contributed by atoms with E-state index in [9.17, 15) is 34.2 Å². The second-order valence-electron chi connectivity index (χ2n) is 9.70. The molecule has 1 aromatic carbocycles. The number of nitrogens with zero attached hydrogens (tertiary/aromatic N) is 1. The summed E-state index contributed by atoms with van der Waals surface area (Å²) in [5.74, 6) is -10.1. The van der Waals surface area contributed by atoms with Gasteiger partial charge in [0.2, 0.25) is 5.91 Å². The molecule has 3 aliphatic rings. The fourth-order valence-corrected chi connectivity index (χ4v) is 6.21. The number of nitrogens with two attached hydrogens (primary N) is 1. The van der Waals surface area contributed by atoms with Gasteiger partial charge >= 0.3 is 0 Å². The Bertz CT molecular complexity index is 1120. The summed E-state index contributed by atoms with van der Waals surface area (Å²) >= 11 is 0. The number of carbonyl (C=O) groups is 5. The third kappa shape index (κ3) is 2.95. The van der Waals surface area contributed by atoms with Crippen molar-refractivity contribution in [3.8, 4) is 5.75 Å². The largest absolute Gasteiger partial charge is 0.507 e. The number of rotatable bonds is 3. The van der Waals surface area contributed by atoms with Gasteiger partial charge in [-0.15, -0.1) is 0 Å². The Kier molecular flexibility index (Phi) is 5.33. The Morgan fingerprint density at radius 3 is 2.39 bits per heavy atom. The second-order valence-corrected chi connectivity index (χ2v) is 9.70. The van der Waals surface area contributed by atoms with Crippen molar-refractivity contribution in [3.05, 3.63) is 28.3 Å². The highest BCUT2D eigenvalue weighted by atomic mass is 16.3. The number of aryl methyl sites for hydroxylation is 2. The number of carbonyl (C=O) groups excluding carboxylic acids is 5. The van der Waals surface area contributed by atoms with Crippen LogP contribution in [0.2, 0.25) is 0 Å². The van der Waals surface area contributed by atoms with Gasteiger partial charge in [0, 0.05) is 5.92 Å². The highest BCUT2D eigenvalue weighted by Gasteiger charge is 2.69. The monoisotopic (exact) mass is 456 g/mol. The lowest BCUT2D eigenvalue weighted by molar-refractivity contribution is -0.181. The Morgan fingerprint density at radius 1 is 1.21 bits per heavy atom. The van der Waals surface area contributed by atoms with E-state index in [0.717, 1.165) is 5.56 Å². The summed E-state index contributed by atoms with van der Waals surface area (Å²) < 4.78 is 0. The molecule has 0 bridgehead atoms. The molecule has 9 heteroatoms. The molecule has 4 rings (SSSR count). The summed E-state index contributed by atoms with van der Waals surface area (Å²) in [5.41, 5.74) is 4.71. The van der Waals surface area contributed by atoms with Crippen LogP contribution in [0.25, 0.3) is 0 Å². The second kappa shape index (κ2) is 7.56. The molecular weight excluding hydrogens is 428 g/mol. The molecular formula is C24H28N2O7. The van der Waals surface area contributed by atoms with Crippen LogP contribution < -0.4 is 5.73 Å². The van der Waals surface area contributed by atoms with Gasteiger partial charge in [0.25, 0.3) is 0 Å². The molecule has 4 N–H and O–H groups in total. The number of fused-ring (bicyclic) bond motifs is 3. The number of ketones is 4. The van der Waals surface area contributed by atoms with E-state index in [1.54, 1.807) is 21.0 Å². The molecule has 0 heterocycles. The number of hydrogen-bond donors (Lipinski definition) is 3. The number of hydrogen-bond acceptors (Lipinski definition) is 8. The van der Waals surface area contributed by atoms with Gasteiger partial charge in [-0.3, -0.25) is 28.9 Å². The normalized spacial score (nSPS) is 33.6. The predicted molar refractivity (Wildman–Crippen MR) is 115 cm³/mol. The minimum absolute atomic E-state index is 0.0541. The van der Waals surface area contributed by atoms with Crippen LogP contribution in [0.15, 0.2) is 6.07 Å². The lowest BCUT2D eigenvalue weighted by Gasteiger charge is -2.52. The summed E-state index contributed by atoms with van der Waals surface area (Å²) in [5, 5.41) is 22.2. The maximum absolute atomic E-state index is 13.7. The Balaban J connectivity index is 1.90. The van der Waals surface area contributed by atoms with Crippen molar-refractivity contribution in [1.82, 2.24) is 4.90 Å². The topological polar surface area (TPSA) is 155 Å². The van der Waals surface area contributed by atoms with Crippen molar-refractivity contribution in [2.75, 3.05) is 14.1 Å². The van der Waals surface area contributed by atoms with E-state index in [-0.39, 0.29) is 17.7 Å². The van der Waals surface area contributed by atoms with Crippen molar-refractivity contribution in [2.45, 2.75) is 44.8 Å². The Morgan fingerprint density at radius 2 is 1.85 bits per heavy atom. The number of likely N-dealkylation sites (N-methyl/N-ethyl adjacent to an activating group) is 1. The van der Waals surface area contributed by atoms with Gasteiger partial charge in [-0.1, -0.05) is 13.0 Å². The van der Waals surface area contributed by atoms with Crippen LogP contribution in [0.4, 0.5) is 0 Å². The van der Waals surface area contributed by atoms with Crippen molar-refractivity contribution in [2.24, 2.45) is 29.4 Å². The number of primary amides is 1. The minimum atomic E-state index is -2.69. The van der Waals surface area contributed by atoms with Crippen molar-refractivity contribution in [1.29, 1.82) is 0 Å². The molecule has 0 spiro atoms. The zero-order valence-electron chi connectivity index (χ0n) is 19.0. The van der Waals surface area contributed by atoms with Gasteiger partial charge in [0.05, 0.1) is 17.5 Å². The molecule has 0 aliphatic heterocycles. The summed E-state index contributed by atoms with van der Waals surface area (Å²) in [6, 6.07) is 0.722. The molecule has 2 unspecified atom stereocenters. The number of phenols is 1. The quantitative estimate of drug-likeness (QED) is 0.526. The Labute approximate surface area is 190 Å². The van der Waals surface area contributed by atoms with E-state index in [1.165, 1.54) is 4.90 Å². The van der Waals surface area contributed by atoms with Crippen LogP contribution in [0.3, 0.4) is 0 Å².